The molecule has 1 aromatic carbocycles. The van der Waals surface area contributed by atoms with E-state index in [-0.39, 0.29) is 0 Å². The number of hydrogen-bond acceptors (Lipinski definition) is 0. The van der Waals surface area contributed by atoms with Gasteiger partial charge in [-0.25, -0.2) is 0 Å². The molecule has 0 aliphatic heterocycles. The number of rotatable bonds is 3. The van der Waals surface area contributed by atoms with E-state index in [1.807, 2.05) is 0 Å². The number of benzene rings is 1. The topological polar surface area (TPSA) is 0 Å². The minimum absolute atomic E-state index is 0.290. The third-order valence-corrected chi connectivity index (χ3v) is 1.80. The summed E-state index contributed by atoms with van der Waals surface area (Å²) in [4.78, 5) is 0. The monoisotopic (exact) mass is 197 g/mol. The Hall–Kier alpha value is -1.37. The Balaban J connectivity index is 2.70. The van der Waals surface area contributed by atoms with Crippen LogP contribution in [0.2, 0.25) is 0 Å². The fraction of sp³-hybridized carbons (Fsp3) is 0.200. The maximum Gasteiger partial charge on any atom is 0.482 e. The van der Waals surface area contributed by atoms with Crippen molar-refractivity contribution in [1.82, 2.24) is 0 Å². The highest BCUT2D eigenvalue weighted by molar-refractivity contribution is 6.57. The first-order valence-corrected chi connectivity index (χ1v) is 4.23. The molecule has 0 atom stereocenters. The summed E-state index contributed by atoms with van der Waals surface area (Å²) >= 11 is 0. The maximum absolute atomic E-state index is 12.0. The van der Waals surface area contributed by atoms with Crippen molar-refractivity contribution in [2.24, 2.45) is 0 Å². The van der Waals surface area contributed by atoms with E-state index in [1.165, 1.54) is 12.1 Å². The van der Waals surface area contributed by atoms with Crippen molar-refractivity contribution in [3.63, 3.8) is 0 Å². The zero-order valence-corrected chi connectivity index (χ0v) is 7.51. The molecule has 0 saturated carbocycles. The SMILES string of the molecule is C#CCc1ccc(C[B-](F)(F)F)cc1. The van der Waals surface area contributed by atoms with E-state index in [0.29, 0.717) is 12.0 Å². The summed E-state index contributed by atoms with van der Waals surface area (Å²) < 4.78 is 36.1. The molecule has 0 saturated heterocycles. The van der Waals surface area contributed by atoms with Crippen LogP contribution >= 0.6 is 0 Å². The van der Waals surface area contributed by atoms with Crippen LogP contribution < -0.4 is 0 Å². The minimum Gasteiger partial charge on any atom is -0.449 e. The van der Waals surface area contributed by atoms with Gasteiger partial charge < -0.3 is 12.9 Å². The Kier molecular flexibility index (Phi) is 3.24. The highest BCUT2D eigenvalue weighted by Crippen LogP contribution is 2.16. The fourth-order valence-corrected chi connectivity index (χ4v) is 1.18. The highest BCUT2D eigenvalue weighted by atomic mass is 19.4. The molecule has 0 aliphatic rings. The summed E-state index contributed by atoms with van der Waals surface area (Å²) in [6, 6.07) is 6.22. The molecule has 0 fully saturated rings. The Bertz CT molecular complexity index is 332. The van der Waals surface area contributed by atoms with Gasteiger partial charge in [-0.2, -0.15) is 0 Å². The Morgan fingerprint density at radius 2 is 1.57 bits per heavy atom. The van der Waals surface area contributed by atoms with Gasteiger partial charge in [0, 0.05) is 6.42 Å². The van der Waals surface area contributed by atoms with Crippen LogP contribution in [0.1, 0.15) is 11.1 Å². The minimum atomic E-state index is -4.74. The second kappa shape index (κ2) is 4.23. The van der Waals surface area contributed by atoms with Gasteiger partial charge in [-0.05, 0) is 5.56 Å². The molecule has 0 spiro atoms. The molecule has 0 amide bonds. The van der Waals surface area contributed by atoms with Gasteiger partial charge in [0.2, 0.25) is 0 Å². The largest absolute Gasteiger partial charge is 0.482 e. The Morgan fingerprint density at radius 3 is 2.00 bits per heavy atom. The molecule has 1 aromatic rings. The van der Waals surface area contributed by atoms with E-state index < -0.39 is 13.3 Å². The third kappa shape index (κ3) is 3.57. The first-order valence-electron chi connectivity index (χ1n) is 4.23. The summed E-state index contributed by atoms with van der Waals surface area (Å²) in [5.74, 6) is 2.43. The van der Waals surface area contributed by atoms with Crippen LogP contribution in [-0.2, 0) is 12.7 Å². The van der Waals surface area contributed by atoms with Gasteiger partial charge in [0.05, 0.1) is 0 Å². The predicted molar refractivity (Wildman–Crippen MR) is 51.8 cm³/mol. The van der Waals surface area contributed by atoms with Crippen molar-refractivity contribution < 1.29 is 12.9 Å². The molecule has 0 aliphatic carbocycles. The molecule has 74 valence electrons. The fourth-order valence-electron chi connectivity index (χ4n) is 1.18. The Morgan fingerprint density at radius 1 is 1.07 bits per heavy atom. The van der Waals surface area contributed by atoms with E-state index in [9.17, 15) is 12.9 Å². The van der Waals surface area contributed by atoms with Crippen LogP contribution in [-0.4, -0.2) is 6.98 Å². The van der Waals surface area contributed by atoms with Gasteiger partial charge in [0.15, 0.2) is 0 Å². The number of halogens is 3. The molecule has 0 unspecified atom stereocenters. The van der Waals surface area contributed by atoms with Crippen LogP contribution in [0, 0.1) is 12.3 Å². The lowest BCUT2D eigenvalue weighted by molar-refractivity contribution is 0.468. The molecule has 1 rings (SSSR count). The van der Waals surface area contributed by atoms with Crippen molar-refractivity contribution in [2.75, 3.05) is 0 Å². The molecule has 0 radical (unpaired) electrons. The summed E-state index contributed by atoms with van der Waals surface area (Å²) in [5, 5.41) is 0. The average Bonchev–Trinajstić information content (AvgIpc) is 2.06. The maximum atomic E-state index is 12.0. The molecule has 0 aromatic heterocycles. The molecular weight excluding hydrogens is 188 g/mol. The van der Waals surface area contributed by atoms with E-state index >= 15 is 0 Å². The van der Waals surface area contributed by atoms with Crippen molar-refractivity contribution in [1.29, 1.82) is 0 Å². The quantitative estimate of drug-likeness (QED) is 0.516. The number of terminal acetylenes is 1. The molecule has 0 nitrogen and oxygen atoms in total. The third-order valence-electron chi connectivity index (χ3n) is 1.80. The van der Waals surface area contributed by atoms with Crippen LogP contribution in [0.3, 0.4) is 0 Å². The van der Waals surface area contributed by atoms with Crippen molar-refractivity contribution >= 4 is 6.98 Å². The second-order valence-corrected chi connectivity index (χ2v) is 3.11. The molecule has 0 heterocycles. The van der Waals surface area contributed by atoms with Crippen molar-refractivity contribution in [2.45, 2.75) is 12.7 Å². The van der Waals surface area contributed by atoms with Gasteiger partial charge in [0.1, 0.15) is 0 Å². The Labute approximate surface area is 81.2 Å². The van der Waals surface area contributed by atoms with Gasteiger partial charge >= 0.3 is 6.98 Å². The van der Waals surface area contributed by atoms with Gasteiger partial charge in [-0.3, -0.25) is 0 Å². The average molecular weight is 197 g/mol. The smallest absolute Gasteiger partial charge is 0.449 e. The van der Waals surface area contributed by atoms with Crippen molar-refractivity contribution in [3.05, 3.63) is 35.4 Å². The highest BCUT2D eigenvalue weighted by Gasteiger charge is 2.22. The molecule has 14 heavy (non-hydrogen) atoms. The normalized spacial score (nSPS) is 11.0. The van der Waals surface area contributed by atoms with Crippen LogP contribution in [0.5, 0.6) is 0 Å². The first kappa shape index (κ1) is 10.7. The van der Waals surface area contributed by atoms with Gasteiger partial charge in [-0.15, -0.1) is 12.3 Å². The molecule has 0 bridgehead atoms. The standard InChI is InChI=1S/C10H9BF3/c1-2-3-9-4-6-10(7-5-9)8-11(12,13)14/h1,4-7H,3,8H2/q-1. The van der Waals surface area contributed by atoms with Gasteiger partial charge in [-0.1, -0.05) is 36.1 Å². The summed E-state index contributed by atoms with van der Waals surface area (Å²) in [7, 11) is 0. The summed E-state index contributed by atoms with van der Waals surface area (Å²) in [6.07, 6.45) is 4.71. The zero-order chi connectivity index (χ0) is 10.6. The van der Waals surface area contributed by atoms with E-state index in [0.717, 1.165) is 5.56 Å². The van der Waals surface area contributed by atoms with E-state index in [2.05, 4.69) is 5.92 Å². The molecule has 4 heteroatoms. The van der Waals surface area contributed by atoms with Crippen molar-refractivity contribution in [3.8, 4) is 12.3 Å². The summed E-state index contributed by atoms with van der Waals surface area (Å²) in [6.45, 7) is -4.74. The van der Waals surface area contributed by atoms with Gasteiger partial charge in [0.25, 0.3) is 0 Å². The lowest BCUT2D eigenvalue weighted by Gasteiger charge is -2.13. The number of hydrogen-bond donors (Lipinski definition) is 0. The van der Waals surface area contributed by atoms with E-state index in [1.54, 1.807) is 12.1 Å². The van der Waals surface area contributed by atoms with Crippen LogP contribution in [0.15, 0.2) is 24.3 Å². The zero-order valence-electron chi connectivity index (χ0n) is 7.51. The lowest BCUT2D eigenvalue weighted by Crippen LogP contribution is -2.19. The van der Waals surface area contributed by atoms with Crippen LogP contribution in [0.25, 0.3) is 0 Å². The predicted octanol–water partition coefficient (Wildman–Crippen LogP) is 2.79. The van der Waals surface area contributed by atoms with Crippen LogP contribution in [0.4, 0.5) is 12.9 Å². The lowest BCUT2D eigenvalue weighted by atomic mass is 9.82. The first-order chi connectivity index (χ1) is 6.51. The second-order valence-electron chi connectivity index (χ2n) is 3.11. The molecular formula is C10H9BF3-. The van der Waals surface area contributed by atoms with E-state index in [4.69, 9.17) is 6.42 Å². The summed E-state index contributed by atoms with van der Waals surface area (Å²) in [5.41, 5.74) is 1.16. The molecule has 0 N–H and O–H groups in total.